The third kappa shape index (κ3) is 3.77. The van der Waals surface area contributed by atoms with Gasteiger partial charge >= 0.3 is 0 Å². The normalized spacial score (nSPS) is 21.5. The fourth-order valence-electron chi connectivity index (χ4n) is 4.69. The largest absolute Gasteiger partial charge is 0.349 e. The van der Waals surface area contributed by atoms with E-state index in [0.29, 0.717) is 36.3 Å². The fourth-order valence-corrected chi connectivity index (χ4v) is 4.69. The molecule has 3 heterocycles. The zero-order valence-electron chi connectivity index (χ0n) is 18.0. The molecule has 3 aliphatic rings. The summed E-state index contributed by atoms with van der Waals surface area (Å²) in [6.07, 6.45) is 6.30. The van der Waals surface area contributed by atoms with Crippen molar-refractivity contribution in [1.82, 2.24) is 15.2 Å². The molecule has 5 rings (SSSR count). The van der Waals surface area contributed by atoms with E-state index in [-0.39, 0.29) is 29.2 Å². The predicted molar refractivity (Wildman–Crippen MR) is 119 cm³/mol. The van der Waals surface area contributed by atoms with Gasteiger partial charge in [-0.3, -0.25) is 19.4 Å². The van der Waals surface area contributed by atoms with Gasteiger partial charge < -0.3 is 10.2 Å². The van der Waals surface area contributed by atoms with Crippen molar-refractivity contribution in [3.63, 3.8) is 0 Å². The molecule has 1 atom stereocenters. The maximum absolute atomic E-state index is 13.0. The zero-order valence-corrected chi connectivity index (χ0v) is 18.0. The lowest BCUT2D eigenvalue weighted by atomic mass is 9.92. The van der Waals surface area contributed by atoms with E-state index in [1.54, 1.807) is 48.8 Å². The first-order valence-corrected chi connectivity index (χ1v) is 10.9. The number of hydrazone groups is 1. The van der Waals surface area contributed by atoms with Gasteiger partial charge in [0.05, 0.1) is 12.1 Å². The average Bonchev–Trinajstić information content (AvgIpc) is 3.35. The highest BCUT2D eigenvalue weighted by Gasteiger charge is 2.56. The van der Waals surface area contributed by atoms with E-state index in [2.05, 4.69) is 15.4 Å². The van der Waals surface area contributed by atoms with Gasteiger partial charge in [-0.1, -0.05) is 0 Å². The van der Waals surface area contributed by atoms with Crippen LogP contribution in [-0.4, -0.2) is 52.4 Å². The fraction of sp³-hybridized carbons (Fsp3) is 0.375. The van der Waals surface area contributed by atoms with Gasteiger partial charge in [0.2, 0.25) is 0 Å². The SMILES string of the molecule is CC1=NN(c2ccc(C(=O)N3CCC4(CC3)CC4NC(=O)c3ccncc3)cc2)C(=O)C1. The van der Waals surface area contributed by atoms with Crippen LogP contribution >= 0.6 is 0 Å². The number of hydrogen-bond donors (Lipinski definition) is 1. The van der Waals surface area contributed by atoms with Gasteiger partial charge in [0.15, 0.2) is 0 Å². The molecule has 2 aromatic rings. The van der Waals surface area contributed by atoms with Crippen LogP contribution in [0, 0.1) is 5.41 Å². The number of nitrogens with one attached hydrogen (secondary N) is 1. The van der Waals surface area contributed by atoms with Gasteiger partial charge in [0.1, 0.15) is 0 Å². The summed E-state index contributed by atoms with van der Waals surface area (Å²) < 4.78 is 0. The smallest absolute Gasteiger partial charge is 0.253 e. The molecule has 1 aromatic carbocycles. The van der Waals surface area contributed by atoms with E-state index in [4.69, 9.17) is 0 Å². The number of amides is 3. The van der Waals surface area contributed by atoms with Crippen LogP contribution in [0.25, 0.3) is 0 Å². The van der Waals surface area contributed by atoms with Crippen LogP contribution in [0.5, 0.6) is 0 Å². The van der Waals surface area contributed by atoms with Crippen LogP contribution in [0.2, 0.25) is 0 Å². The van der Waals surface area contributed by atoms with Crippen LogP contribution in [0.1, 0.15) is 53.3 Å². The van der Waals surface area contributed by atoms with Gasteiger partial charge in [-0.25, -0.2) is 5.01 Å². The Labute approximate surface area is 186 Å². The molecular weight excluding hydrogens is 406 g/mol. The summed E-state index contributed by atoms with van der Waals surface area (Å²) in [6, 6.07) is 10.6. The van der Waals surface area contributed by atoms with Crippen LogP contribution in [0.3, 0.4) is 0 Å². The van der Waals surface area contributed by atoms with Crippen molar-refractivity contribution in [2.24, 2.45) is 10.5 Å². The van der Waals surface area contributed by atoms with Crippen molar-refractivity contribution < 1.29 is 14.4 Å². The first-order valence-electron chi connectivity index (χ1n) is 10.9. The first kappa shape index (κ1) is 20.4. The van der Waals surface area contributed by atoms with Gasteiger partial charge in [0.25, 0.3) is 17.7 Å². The minimum Gasteiger partial charge on any atom is -0.349 e. The number of likely N-dealkylation sites (tertiary alicyclic amines) is 1. The van der Waals surface area contributed by atoms with Gasteiger partial charge in [-0.05, 0) is 68.0 Å². The molecular formula is C24H25N5O3. The van der Waals surface area contributed by atoms with Gasteiger partial charge in [0, 0.05) is 48.4 Å². The van der Waals surface area contributed by atoms with E-state index in [1.165, 1.54) is 5.01 Å². The Morgan fingerprint density at radius 1 is 1.03 bits per heavy atom. The number of nitrogens with zero attached hydrogens (tertiary/aromatic N) is 4. The summed E-state index contributed by atoms with van der Waals surface area (Å²) in [6.45, 7) is 3.18. The van der Waals surface area contributed by atoms with Crippen LogP contribution in [0.15, 0.2) is 53.9 Å². The Kier molecular flexibility index (Phi) is 5.00. The number of aromatic nitrogens is 1. The molecule has 8 heteroatoms. The van der Waals surface area contributed by atoms with Crippen LogP contribution in [-0.2, 0) is 4.79 Å². The topological polar surface area (TPSA) is 95.0 Å². The molecule has 1 saturated carbocycles. The maximum Gasteiger partial charge on any atom is 0.253 e. The minimum absolute atomic E-state index is 0.00292. The Morgan fingerprint density at radius 3 is 2.34 bits per heavy atom. The summed E-state index contributed by atoms with van der Waals surface area (Å²) in [5.41, 5.74) is 2.79. The maximum atomic E-state index is 13.0. The molecule has 2 fully saturated rings. The van der Waals surface area contributed by atoms with Gasteiger partial charge in [-0.15, -0.1) is 0 Å². The van der Waals surface area contributed by atoms with Gasteiger partial charge in [-0.2, -0.15) is 5.10 Å². The number of benzene rings is 1. The molecule has 0 radical (unpaired) electrons. The lowest BCUT2D eigenvalue weighted by molar-refractivity contribution is -0.116. The molecule has 1 saturated heterocycles. The lowest BCUT2D eigenvalue weighted by Gasteiger charge is -2.33. The molecule has 1 unspecified atom stereocenters. The van der Waals surface area contributed by atoms with Crippen molar-refractivity contribution in [2.75, 3.05) is 18.1 Å². The number of pyridine rings is 1. The summed E-state index contributed by atoms with van der Waals surface area (Å²) in [5.74, 6) is -0.126. The second kappa shape index (κ2) is 7.85. The highest BCUT2D eigenvalue weighted by Crippen LogP contribution is 2.54. The highest BCUT2D eigenvalue weighted by atomic mass is 16.2. The molecule has 1 spiro atoms. The van der Waals surface area contributed by atoms with Crippen molar-refractivity contribution in [1.29, 1.82) is 0 Å². The molecule has 164 valence electrons. The second-order valence-corrected chi connectivity index (χ2v) is 8.89. The molecule has 2 aliphatic heterocycles. The molecule has 1 N–H and O–H groups in total. The van der Waals surface area contributed by atoms with E-state index >= 15 is 0 Å². The third-order valence-electron chi connectivity index (χ3n) is 6.76. The lowest BCUT2D eigenvalue weighted by Crippen LogP contribution is -2.41. The predicted octanol–water partition coefficient (Wildman–Crippen LogP) is 2.62. The molecule has 1 aromatic heterocycles. The van der Waals surface area contributed by atoms with E-state index in [1.807, 2.05) is 11.8 Å². The summed E-state index contributed by atoms with van der Waals surface area (Å²) in [4.78, 5) is 43.2. The second-order valence-electron chi connectivity index (χ2n) is 8.89. The molecule has 1 aliphatic carbocycles. The number of carbonyl (C=O) groups is 3. The van der Waals surface area contributed by atoms with E-state index in [9.17, 15) is 14.4 Å². The Balaban J connectivity index is 1.16. The average molecular weight is 431 g/mol. The van der Waals surface area contributed by atoms with Crippen molar-refractivity contribution in [3.8, 4) is 0 Å². The monoisotopic (exact) mass is 431 g/mol. The Hall–Kier alpha value is -3.55. The van der Waals surface area contributed by atoms with E-state index < -0.39 is 0 Å². The Bertz CT molecular complexity index is 1090. The minimum atomic E-state index is -0.0658. The molecule has 3 amide bonds. The number of piperidine rings is 1. The summed E-state index contributed by atoms with van der Waals surface area (Å²) in [5, 5.41) is 8.77. The van der Waals surface area contributed by atoms with Crippen LogP contribution < -0.4 is 10.3 Å². The molecule has 8 nitrogen and oxygen atoms in total. The van der Waals surface area contributed by atoms with E-state index in [0.717, 1.165) is 25.0 Å². The van der Waals surface area contributed by atoms with Crippen molar-refractivity contribution >= 4 is 29.1 Å². The summed E-state index contributed by atoms with van der Waals surface area (Å²) in [7, 11) is 0. The Morgan fingerprint density at radius 2 is 1.72 bits per heavy atom. The summed E-state index contributed by atoms with van der Waals surface area (Å²) >= 11 is 0. The molecule has 0 bridgehead atoms. The zero-order chi connectivity index (χ0) is 22.3. The quantitative estimate of drug-likeness (QED) is 0.805. The van der Waals surface area contributed by atoms with Crippen molar-refractivity contribution in [3.05, 3.63) is 59.9 Å². The first-order chi connectivity index (χ1) is 15.4. The van der Waals surface area contributed by atoms with Crippen LogP contribution in [0.4, 0.5) is 5.69 Å². The number of rotatable bonds is 4. The number of anilines is 1. The number of carbonyl (C=O) groups excluding carboxylic acids is 3. The third-order valence-corrected chi connectivity index (χ3v) is 6.76. The van der Waals surface area contributed by atoms with Crippen molar-refractivity contribution in [2.45, 2.75) is 38.6 Å². The molecule has 32 heavy (non-hydrogen) atoms. The standard InChI is InChI=1S/C24H25N5O3/c1-16-14-21(30)29(27-16)19-4-2-18(3-5-19)23(32)28-12-8-24(9-13-28)15-20(24)26-22(31)17-6-10-25-11-7-17/h2-7,10-11,20H,8-9,12-15H2,1H3,(H,26,31). The number of hydrogen-bond acceptors (Lipinski definition) is 5. The highest BCUT2D eigenvalue weighted by molar-refractivity contribution is 6.12.